The summed E-state index contributed by atoms with van der Waals surface area (Å²) in [7, 11) is 4.60. The van der Waals surface area contributed by atoms with Crippen LogP contribution in [-0.2, 0) is 11.2 Å². The van der Waals surface area contributed by atoms with Gasteiger partial charge in [-0.25, -0.2) is 4.39 Å². The van der Waals surface area contributed by atoms with Crippen LogP contribution >= 0.6 is 0 Å². The van der Waals surface area contributed by atoms with Crippen LogP contribution in [0.3, 0.4) is 0 Å². The number of rotatable bonds is 7. The van der Waals surface area contributed by atoms with Crippen molar-refractivity contribution in [1.29, 1.82) is 0 Å². The summed E-state index contributed by atoms with van der Waals surface area (Å²) in [5.74, 6) is 0.828. The molecule has 0 fully saturated rings. The number of aryl methyl sites for hydroxylation is 1. The van der Waals surface area contributed by atoms with Gasteiger partial charge < -0.3 is 19.5 Å². The number of benzene rings is 2. The third-order valence-corrected chi connectivity index (χ3v) is 3.51. The van der Waals surface area contributed by atoms with Crippen LogP contribution in [0.1, 0.15) is 12.0 Å². The lowest BCUT2D eigenvalue weighted by molar-refractivity contribution is -0.116. The van der Waals surface area contributed by atoms with E-state index in [-0.39, 0.29) is 18.0 Å². The largest absolute Gasteiger partial charge is 0.493 e. The lowest BCUT2D eigenvalue weighted by Crippen LogP contribution is -2.13. The van der Waals surface area contributed by atoms with E-state index < -0.39 is 5.82 Å². The third kappa shape index (κ3) is 4.16. The van der Waals surface area contributed by atoms with Crippen LogP contribution < -0.4 is 19.5 Å². The molecule has 0 atom stereocenters. The molecule has 0 saturated carbocycles. The smallest absolute Gasteiger partial charge is 0.224 e. The van der Waals surface area contributed by atoms with Crippen LogP contribution in [0.15, 0.2) is 36.4 Å². The van der Waals surface area contributed by atoms with Crippen molar-refractivity contribution in [3.8, 4) is 17.2 Å². The number of halogens is 1. The van der Waals surface area contributed by atoms with E-state index in [4.69, 9.17) is 14.2 Å². The molecule has 2 aromatic carbocycles. The highest BCUT2D eigenvalue weighted by atomic mass is 19.1. The van der Waals surface area contributed by atoms with Crippen LogP contribution in [0.2, 0.25) is 0 Å². The molecule has 0 heterocycles. The summed E-state index contributed by atoms with van der Waals surface area (Å²) in [6.45, 7) is 0. The molecule has 24 heavy (non-hydrogen) atoms. The van der Waals surface area contributed by atoms with E-state index in [1.54, 1.807) is 24.3 Å². The number of hydrogen-bond acceptors (Lipinski definition) is 4. The highest BCUT2D eigenvalue weighted by Gasteiger charge is 2.14. The van der Waals surface area contributed by atoms with Gasteiger partial charge in [-0.3, -0.25) is 4.79 Å². The molecule has 1 amide bonds. The van der Waals surface area contributed by atoms with Crippen LogP contribution in [0.4, 0.5) is 10.1 Å². The molecule has 0 spiro atoms. The van der Waals surface area contributed by atoms with Gasteiger partial charge in [0.05, 0.1) is 27.0 Å². The Kier molecular flexibility index (Phi) is 6.01. The number of anilines is 1. The van der Waals surface area contributed by atoms with Crippen molar-refractivity contribution in [1.82, 2.24) is 0 Å². The monoisotopic (exact) mass is 333 g/mol. The van der Waals surface area contributed by atoms with Gasteiger partial charge in [-0.1, -0.05) is 12.1 Å². The third-order valence-electron chi connectivity index (χ3n) is 3.51. The minimum Gasteiger partial charge on any atom is -0.493 e. The Bertz CT molecular complexity index is 693. The molecule has 0 bridgehead atoms. The zero-order valence-electron chi connectivity index (χ0n) is 13.9. The minimum atomic E-state index is -0.460. The van der Waals surface area contributed by atoms with Crippen molar-refractivity contribution in [2.75, 3.05) is 26.6 Å². The van der Waals surface area contributed by atoms with Crippen LogP contribution in [0, 0.1) is 5.82 Å². The van der Waals surface area contributed by atoms with E-state index in [9.17, 15) is 9.18 Å². The second-order valence-corrected chi connectivity index (χ2v) is 5.06. The van der Waals surface area contributed by atoms with Gasteiger partial charge in [0.2, 0.25) is 11.7 Å². The fraction of sp³-hybridized carbons (Fsp3) is 0.278. The maximum atomic E-state index is 13.5. The number of carbonyl (C=O) groups is 1. The highest BCUT2D eigenvalue weighted by molar-refractivity contribution is 5.90. The molecule has 0 aromatic heterocycles. The normalized spacial score (nSPS) is 10.2. The van der Waals surface area contributed by atoms with Gasteiger partial charge in [0.15, 0.2) is 11.5 Å². The lowest BCUT2D eigenvalue weighted by Gasteiger charge is -2.14. The Morgan fingerprint density at radius 2 is 1.67 bits per heavy atom. The molecule has 5 nitrogen and oxygen atoms in total. The van der Waals surface area contributed by atoms with Crippen molar-refractivity contribution in [2.45, 2.75) is 12.8 Å². The van der Waals surface area contributed by atoms with Crippen molar-refractivity contribution in [3.63, 3.8) is 0 Å². The van der Waals surface area contributed by atoms with Gasteiger partial charge in [-0.05, 0) is 36.2 Å². The number of nitrogens with one attached hydrogen (secondary N) is 1. The maximum absolute atomic E-state index is 13.5. The first kappa shape index (κ1) is 17.6. The summed E-state index contributed by atoms with van der Waals surface area (Å²) < 4.78 is 29.4. The summed E-state index contributed by atoms with van der Waals surface area (Å²) in [6, 6.07) is 9.63. The number of carbonyl (C=O) groups excluding carboxylic acids is 1. The standard InChI is InChI=1S/C18H20FNO4/c1-22-15-10-12(11-16(23-2)18(15)24-3)8-9-17(21)20-14-7-5-4-6-13(14)19/h4-7,10-11H,8-9H2,1-3H3,(H,20,21). The molecule has 2 rings (SSSR count). The Morgan fingerprint density at radius 3 is 2.21 bits per heavy atom. The van der Waals surface area contributed by atoms with E-state index in [2.05, 4.69) is 5.32 Å². The molecular formula is C18H20FNO4. The Morgan fingerprint density at radius 1 is 1.04 bits per heavy atom. The molecule has 0 radical (unpaired) electrons. The van der Waals surface area contributed by atoms with E-state index >= 15 is 0 Å². The Labute approximate surface area is 140 Å². The summed E-state index contributed by atoms with van der Waals surface area (Å²) in [5.41, 5.74) is 1.03. The van der Waals surface area contributed by atoms with Gasteiger partial charge in [0.25, 0.3) is 0 Å². The topological polar surface area (TPSA) is 56.8 Å². The first-order valence-corrected chi connectivity index (χ1v) is 7.42. The molecule has 0 saturated heterocycles. The SMILES string of the molecule is COc1cc(CCC(=O)Nc2ccccc2F)cc(OC)c1OC. The minimum absolute atomic E-state index is 0.174. The molecular weight excluding hydrogens is 313 g/mol. The fourth-order valence-electron chi connectivity index (χ4n) is 2.31. The first-order valence-electron chi connectivity index (χ1n) is 7.42. The van der Waals surface area contributed by atoms with Crippen LogP contribution in [0.5, 0.6) is 17.2 Å². The summed E-state index contributed by atoms with van der Waals surface area (Å²) in [5, 5.41) is 2.56. The van der Waals surface area contributed by atoms with E-state index in [1.165, 1.54) is 33.5 Å². The number of methoxy groups -OCH3 is 3. The van der Waals surface area contributed by atoms with Crippen LogP contribution in [0.25, 0.3) is 0 Å². The first-order chi connectivity index (χ1) is 11.6. The second kappa shape index (κ2) is 8.19. The van der Waals surface area contributed by atoms with Crippen LogP contribution in [-0.4, -0.2) is 27.2 Å². The molecule has 0 unspecified atom stereocenters. The second-order valence-electron chi connectivity index (χ2n) is 5.06. The quantitative estimate of drug-likeness (QED) is 0.843. The number of para-hydroxylation sites is 1. The number of amides is 1. The van der Waals surface area contributed by atoms with E-state index in [1.807, 2.05) is 0 Å². The highest BCUT2D eigenvalue weighted by Crippen LogP contribution is 2.38. The molecule has 0 aliphatic carbocycles. The average molecular weight is 333 g/mol. The van der Waals surface area contributed by atoms with Gasteiger partial charge in [0.1, 0.15) is 5.82 Å². The van der Waals surface area contributed by atoms with Crippen molar-refractivity contribution in [2.24, 2.45) is 0 Å². The summed E-state index contributed by atoms with van der Waals surface area (Å²) in [4.78, 5) is 12.0. The van der Waals surface area contributed by atoms with E-state index in [0.29, 0.717) is 23.7 Å². The molecule has 6 heteroatoms. The molecule has 1 N–H and O–H groups in total. The number of ether oxygens (including phenoxy) is 3. The van der Waals surface area contributed by atoms with Gasteiger partial charge in [-0.2, -0.15) is 0 Å². The predicted molar refractivity (Wildman–Crippen MR) is 89.4 cm³/mol. The van der Waals surface area contributed by atoms with Crippen molar-refractivity contribution < 1.29 is 23.4 Å². The molecule has 0 aliphatic heterocycles. The maximum Gasteiger partial charge on any atom is 0.224 e. The zero-order valence-corrected chi connectivity index (χ0v) is 13.9. The van der Waals surface area contributed by atoms with E-state index in [0.717, 1.165) is 5.56 Å². The van der Waals surface area contributed by atoms with Gasteiger partial charge >= 0.3 is 0 Å². The fourth-order valence-corrected chi connectivity index (χ4v) is 2.31. The Balaban J connectivity index is 2.06. The van der Waals surface area contributed by atoms with Crippen molar-refractivity contribution >= 4 is 11.6 Å². The van der Waals surface area contributed by atoms with Crippen molar-refractivity contribution in [3.05, 3.63) is 47.8 Å². The summed E-state index contributed by atoms with van der Waals surface area (Å²) in [6.07, 6.45) is 0.657. The average Bonchev–Trinajstić information content (AvgIpc) is 2.60. The number of hydrogen-bond donors (Lipinski definition) is 1. The zero-order chi connectivity index (χ0) is 17.5. The Hall–Kier alpha value is -2.76. The summed E-state index contributed by atoms with van der Waals surface area (Å²) >= 11 is 0. The molecule has 128 valence electrons. The molecule has 2 aromatic rings. The lowest BCUT2D eigenvalue weighted by atomic mass is 10.1. The van der Waals surface area contributed by atoms with Gasteiger partial charge in [-0.15, -0.1) is 0 Å². The molecule has 0 aliphatic rings. The van der Waals surface area contributed by atoms with Gasteiger partial charge in [0, 0.05) is 6.42 Å². The predicted octanol–water partition coefficient (Wildman–Crippen LogP) is 3.42.